The molecule has 30 heavy (non-hydrogen) atoms. The Morgan fingerprint density at radius 1 is 1.30 bits per heavy atom. The number of likely N-dealkylation sites (N-methyl/N-ethyl adjacent to an activating group) is 1. The van der Waals surface area contributed by atoms with Crippen LogP contribution in [0.25, 0.3) is 10.4 Å². The van der Waals surface area contributed by atoms with E-state index in [1.54, 1.807) is 18.3 Å². The van der Waals surface area contributed by atoms with Gasteiger partial charge in [0.15, 0.2) is 0 Å². The summed E-state index contributed by atoms with van der Waals surface area (Å²) in [6, 6.07) is 7.02. The number of rotatable bonds is 7. The smallest absolute Gasteiger partial charge is 0.243 e. The zero-order valence-corrected chi connectivity index (χ0v) is 18.8. The van der Waals surface area contributed by atoms with Crippen LogP contribution in [0.4, 0.5) is 0 Å². The second-order valence-electron chi connectivity index (χ2n) is 7.74. The van der Waals surface area contributed by atoms with E-state index in [0.717, 1.165) is 26.7 Å². The van der Waals surface area contributed by atoms with Gasteiger partial charge in [-0.25, -0.2) is 4.98 Å². The number of β-amino-alcohol motifs (C(OH)–C–C–N with tert-alkyl or cyclic N) is 1. The van der Waals surface area contributed by atoms with Crippen LogP contribution in [0.1, 0.15) is 36.5 Å². The highest BCUT2D eigenvalue weighted by atomic mass is 32.1. The molecule has 2 amide bonds. The van der Waals surface area contributed by atoms with Gasteiger partial charge in [-0.3, -0.25) is 9.59 Å². The standard InChI is InChI=1S/C22H30N4O3S/c1-5-23-14(3)22(29)26-12-18(27)10-19(26)21(28)24-11-16-6-8-17(9-7-16)20-13(2)25-15(4)30-20/h6-9,14,18-19,23,27H,5,10-12H2,1-4H3,(H,24,28). The summed E-state index contributed by atoms with van der Waals surface area (Å²) >= 11 is 1.67. The molecule has 162 valence electrons. The van der Waals surface area contributed by atoms with Crippen molar-refractivity contribution >= 4 is 23.2 Å². The van der Waals surface area contributed by atoms with E-state index in [0.29, 0.717) is 13.1 Å². The van der Waals surface area contributed by atoms with Gasteiger partial charge in [0.1, 0.15) is 6.04 Å². The summed E-state index contributed by atoms with van der Waals surface area (Å²) in [5.74, 6) is -0.394. The van der Waals surface area contributed by atoms with Crippen LogP contribution in [-0.4, -0.2) is 58.1 Å². The third-order valence-electron chi connectivity index (χ3n) is 5.33. The maximum absolute atomic E-state index is 12.8. The van der Waals surface area contributed by atoms with Crippen LogP contribution in [0.2, 0.25) is 0 Å². The van der Waals surface area contributed by atoms with Crippen molar-refractivity contribution in [3.05, 3.63) is 40.5 Å². The quantitative estimate of drug-likeness (QED) is 0.625. The molecular weight excluding hydrogens is 400 g/mol. The van der Waals surface area contributed by atoms with Gasteiger partial charge in [-0.1, -0.05) is 31.2 Å². The van der Waals surface area contributed by atoms with Crippen LogP contribution in [0, 0.1) is 13.8 Å². The Labute approximate surface area is 181 Å². The van der Waals surface area contributed by atoms with Crippen LogP contribution in [0.5, 0.6) is 0 Å². The fraction of sp³-hybridized carbons (Fsp3) is 0.500. The summed E-state index contributed by atoms with van der Waals surface area (Å²) < 4.78 is 0. The van der Waals surface area contributed by atoms with Crippen molar-refractivity contribution in [1.29, 1.82) is 0 Å². The summed E-state index contributed by atoms with van der Waals surface area (Å²) in [5.41, 5.74) is 3.11. The number of aliphatic hydroxyl groups excluding tert-OH is 1. The molecule has 7 nitrogen and oxygen atoms in total. The average molecular weight is 431 g/mol. The number of nitrogens with zero attached hydrogens (tertiary/aromatic N) is 2. The monoisotopic (exact) mass is 430 g/mol. The lowest BCUT2D eigenvalue weighted by molar-refractivity contribution is -0.139. The molecule has 2 aromatic rings. The topological polar surface area (TPSA) is 94.6 Å². The van der Waals surface area contributed by atoms with Crippen molar-refractivity contribution in [2.24, 2.45) is 0 Å². The van der Waals surface area contributed by atoms with Crippen molar-refractivity contribution < 1.29 is 14.7 Å². The Balaban J connectivity index is 1.61. The molecule has 3 rings (SSSR count). The minimum atomic E-state index is -0.677. The maximum atomic E-state index is 12.8. The summed E-state index contributed by atoms with van der Waals surface area (Å²) in [7, 11) is 0. The Morgan fingerprint density at radius 3 is 2.60 bits per heavy atom. The number of hydrogen-bond acceptors (Lipinski definition) is 6. The van der Waals surface area contributed by atoms with Gasteiger partial charge < -0.3 is 20.6 Å². The molecule has 2 heterocycles. The number of hydrogen-bond donors (Lipinski definition) is 3. The molecule has 8 heteroatoms. The first kappa shape index (κ1) is 22.4. The highest BCUT2D eigenvalue weighted by molar-refractivity contribution is 7.15. The van der Waals surface area contributed by atoms with Gasteiger partial charge in [-0.2, -0.15) is 0 Å². The third-order valence-corrected chi connectivity index (χ3v) is 6.45. The van der Waals surface area contributed by atoms with Gasteiger partial charge in [-0.05, 0) is 38.4 Å². The lowest BCUT2D eigenvalue weighted by Crippen LogP contribution is -2.51. The van der Waals surface area contributed by atoms with Gasteiger partial charge in [0.05, 0.1) is 27.7 Å². The molecule has 1 aromatic carbocycles. The zero-order chi connectivity index (χ0) is 21.8. The predicted molar refractivity (Wildman–Crippen MR) is 118 cm³/mol. The Hall–Kier alpha value is -2.29. The van der Waals surface area contributed by atoms with Gasteiger partial charge in [-0.15, -0.1) is 11.3 Å². The van der Waals surface area contributed by atoms with Crippen LogP contribution < -0.4 is 10.6 Å². The van der Waals surface area contributed by atoms with E-state index in [1.807, 2.05) is 45.0 Å². The molecule has 1 fully saturated rings. The fourth-order valence-electron chi connectivity index (χ4n) is 3.83. The first-order chi connectivity index (χ1) is 14.3. The summed E-state index contributed by atoms with van der Waals surface area (Å²) in [5, 5.41) is 17.1. The average Bonchev–Trinajstić information content (AvgIpc) is 3.27. The first-order valence-electron chi connectivity index (χ1n) is 10.3. The second kappa shape index (κ2) is 9.68. The molecule has 3 N–H and O–H groups in total. The van der Waals surface area contributed by atoms with E-state index in [1.165, 1.54) is 4.90 Å². The van der Waals surface area contributed by atoms with Crippen molar-refractivity contribution in [2.75, 3.05) is 13.1 Å². The summed E-state index contributed by atoms with van der Waals surface area (Å²) in [6.45, 7) is 8.93. The molecule has 0 saturated carbocycles. The van der Waals surface area contributed by atoms with E-state index >= 15 is 0 Å². The normalized spacial score (nSPS) is 19.7. The Bertz CT molecular complexity index is 896. The lowest BCUT2D eigenvalue weighted by Gasteiger charge is -2.26. The van der Waals surface area contributed by atoms with Crippen molar-refractivity contribution in [2.45, 2.75) is 58.8 Å². The number of aliphatic hydroxyl groups is 1. The fourth-order valence-corrected chi connectivity index (χ4v) is 4.75. The number of nitrogens with one attached hydrogen (secondary N) is 2. The SMILES string of the molecule is CCNC(C)C(=O)N1CC(O)CC1C(=O)NCc1ccc(-c2sc(C)nc2C)cc1. The van der Waals surface area contributed by atoms with Crippen molar-refractivity contribution in [3.63, 3.8) is 0 Å². The van der Waals surface area contributed by atoms with Crippen LogP contribution >= 0.6 is 11.3 Å². The van der Waals surface area contributed by atoms with Crippen LogP contribution in [0.3, 0.4) is 0 Å². The summed E-state index contributed by atoms with van der Waals surface area (Å²) in [4.78, 5) is 32.5. The molecular formula is C22H30N4O3S. The van der Waals surface area contributed by atoms with Crippen LogP contribution in [0.15, 0.2) is 24.3 Å². The highest BCUT2D eigenvalue weighted by Crippen LogP contribution is 2.29. The minimum Gasteiger partial charge on any atom is -0.391 e. The second-order valence-corrected chi connectivity index (χ2v) is 8.94. The van der Waals surface area contributed by atoms with Gasteiger partial charge in [0.2, 0.25) is 11.8 Å². The van der Waals surface area contributed by atoms with E-state index in [4.69, 9.17) is 0 Å². The Kier molecular flexibility index (Phi) is 7.23. The van der Waals surface area contributed by atoms with E-state index in [2.05, 4.69) is 15.6 Å². The minimum absolute atomic E-state index is 0.159. The molecule has 1 saturated heterocycles. The number of aromatic nitrogens is 1. The van der Waals surface area contributed by atoms with Crippen LogP contribution in [-0.2, 0) is 16.1 Å². The molecule has 0 radical (unpaired) electrons. The van der Waals surface area contributed by atoms with Gasteiger partial charge >= 0.3 is 0 Å². The predicted octanol–water partition coefficient (Wildman–Crippen LogP) is 2.00. The number of amides is 2. The number of carbonyl (C=O) groups excluding carboxylic acids is 2. The van der Waals surface area contributed by atoms with Crippen molar-refractivity contribution in [1.82, 2.24) is 20.5 Å². The van der Waals surface area contributed by atoms with E-state index < -0.39 is 12.1 Å². The third kappa shape index (κ3) is 5.06. The maximum Gasteiger partial charge on any atom is 0.243 e. The number of carbonyl (C=O) groups is 2. The number of aryl methyl sites for hydroxylation is 2. The number of likely N-dealkylation sites (tertiary alicyclic amines) is 1. The lowest BCUT2D eigenvalue weighted by atomic mass is 10.1. The molecule has 0 aliphatic carbocycles. The van der Waals surface area contributed by atoms with Gasteiger partial charge in [0, 0.05) is 19.5 Å². The zero-order valence-electron chi connectivity index (χ0n) is 17.9. The molecule has 0 bridgehead atoms. The van der Waals surface area contributed by atoms with Gasteiger partial charge in [0.25, 0.3) is 0 Å². The molecule has 1 aliphatic heterocycles. The van der Waals surface area contributed by atoms with E-state index in [9.17, 15) is 14.7 Å². The molecule has 3 atom stereocenters. The van der Waals surface area contributed by atoms with Crippen molar-refractivity contribution in [3.8, 4) is 10.4 Å². The molecule has 0 spiro atoms. The molecule has 3 unspecified atom stereocenters. The first-order valence-corrected chi connectivity index (χ1v) is 11.1. The highest BCUT2D eigenvalue weighted by Gasteiger charge is 2.39. The van der Waals surface area contributed by atoms with E-state index in [-0.39, 0.29) is 30.8 Å². The largest absolute Gasteiger partial charge is 0.391 e. The Morgan fingerprint density at radius 2 is 2.00 bits per heavy atom. The molecule has 1 aromatic heterocycles. The summed E-state index contributed by atoms with van der Waals surface area (Å²) in [6.07, 6.45) is -0.414. The number of benzene rings is 1. The molecule has 1 aliphatic rings. The number of thiazole rings is 1.